The molecule has 2 aromatic heterocycles. The Morgan fingerprint density at radius 1 is 1.27 bits per heavy atom. The lowest BCUT2D eigenvalue weighted by atomic mass is 10.2. The van der Waals surface area contributed by atoms with Crippen LogP contribution in [0, 0.1) is 0 Å². The van der Waals surface area contributed by atoms with Crippen molar-refractivity contribution in [2.24, 2.45) is 0 Å². The number of thiophene rings is 1. The van der Waals surface area contributed by atoms with E-state index in [1.165, 1.54) is 12.1 Å². The molecule has 2 rings (SSSR count). The van der Waals surface area contributed by atoms with Crippen molar-refractivity contribution in [1.82, 2.24) is 4.98 Å². The molecule has 4 nitrogen and oxygen atoms in total. The Balaban J connectivity index is 2.41. The summed E-state index contributed by atoms with van der Waals surface area (Å²) in [6.45, 7) is 0. The number of rotatable bonds is 2. The van der Waals surface area contributed by atoms with Gasteiger partial charge >= 0.3 is 0 Å². The summed E-state index contributed by atoms with van der Waals surface area (Å²) in [5.41, 5.74) is 0.600. The minimum absolute atomic E-state index is 0.177. The number of aromatic amines is 1. The number of H-pyrrole nitrogens is 1. The Morgan fingerprint density at radius 2 is 2.07 bits per heavy atom. The number of carbonyl (C=O) groups is 1. The van der Waals surface area contributed by atoms with Gasteiger partial charge in [0.05, 0.1) is 10.8 Å². The topological polar surface area (TPSA) is 73.0 Å². The standard InChI is InChI=1S/C10H7NO3S/c12-9-4-1-6(5-11-9)7-2-3-8(15-7)10(13)14/h1-5H,(H,11,12)(H,13,14)/p-1. The first-order valence-electron chi connectivity index (χ1n) is 4.17. The van der Waals surface area contributed by atoms with E-state index in [0.29, 0.717) is 0 Å². The Hall–Kier alpha value is -1.88. The zero-order valence-electron chi connectivity index (χ0n) is 7.52. The molecule has 0 spiro atoms. The van der Waals surface area contributed by atoms with E-state index >= 15 is 0 Å². The van der Waals surface area contributed by atoms with Crippen molar-refractivity contribution in [3.63, 3.8) is 0 Å². The summed E-state index contributed by atoms with van der Waals surface area (Å²) >= 11 is 1.12. The van der Waals surface area contributed by atoms with Gasteiger partial charge in [-0.3, -0.25) is 4.79 Å². The van der Waals surface area contributed by atoms with Crippen LogP contribution in [0.15, 0.2) is 35.3 Å². The van der Waals surface area contributed by atoms with Crippen molar-refractivity contribution in [2.75, 3.05) is 0 Å². The number of carbonyl (C=O) groups excluding carboxylic acids is 1. The molecule has 2 aromatic rings. The summed E-state index contributed by atoms with van der Waals surface area (Å²) in [6.07, 6.45) is 1.55. The van der Waals surface area contributed by atoms with Gasteiger partial charge < -0.3 is 14.9 Å². The molecular formula is C10H6NO3S-. The van der Waals surface area contributed by atoms with Crippen LogP contribution in [0.5, 0.6) is 0 Å². The van der Waals surface area contributed by atoms with Crippen LogP contribution < -0.4 is 10.7 Å². The first-order valence-corrected chi connectivity index (χ1v) is 4.99. The average Bonchev–Trinajstić information content (AvgIpc) is 2.68. The smallest absolute Gasteiger partial charge is 0.247 e. The average molecular weight is 220 g/mol. The van der Waals surface area contributed by atoms with Gasteiger partial charge in [-0.05, 0) is 18.2 Å². The fourth-order valence-electron chi connectivity index (χ4n) is 1.17. The van der Waals surface area contributed by atoms with Gasteiger partial charge in [-0.25, -0.2) is 0 Å². The van der Waals surface area contributed by atoms with Crippen molar-refractivity contribution in [3.8, 4) is 10.4 Å². The van der Waals surface area contributed by atoms with E-state index in [2.05, 4.69) is 4.98 Å². The number of pyridine rings is 1. The Labute approximate surface area is 88.8 Å². The van der Waals surface area contributed by atoms with E-state index < -0.39 is 5.97 Å². The van der Waals surface area contributed by atoms with Crippen LogP contribution in [0.2, 0.25) is 0 Å². The van der Waals surface area contributed by atoms with Gasteiger partial charge in [0.25, 0.3) is 0 Å². The van der Waals surface area contributed by atoms with E-state index in [1.807, 2.05) is 0 Å². The van der Waals surface area contributed by atoms with Crippen LogP contribution in [0.3, 0.4) is 0 Å². The van der Waals surface area contributed by atoms with Crippen LogP contribution in [0.25, 0.3) is 10.4 Å². The maximum atomic E-state index is 10.8. The van der Waals surface area contributed by atoms with E-state index in [0.717, 1.165) is 21.8 Å². The van der Waals surface area contributed by atoms with Gasteiger partial charge in [-0.15, -0.1) is 11.3 Å². The van der Waals surface area contributed by atoms with Crippen molar-refractivity contribution in [3.05, 3.63) is 45.7 Å². The molecular weight excluding hydrogens is 214 g/mol. The van der Waals surface area contributed by atoms with Crippen LogP contribution in [0.1, 0.15) is 9.67 Å². The molecule has 0 fully saturated rings. The second-order valence-corrected chi connectivity index (χ2v) is 3.98. The molecule has 76 valence electrons. The number of aromatic nitrogens is 1. The maximum Gasteiger partial charge on any atom is 0.247 e. The van der Waals surface area contributed by atoms with Crippen molar-refractivity contribution in [1.29, 1.82) is 0 Å². The molecule has 15 heavy (non-hydrogen) atoms. The molecule has 0 aliphatic heterocycles. The number of nitrogens with one attached hydrogen (secondary N) is 1. The number of aromatic carboxylic acids is 1. The summed E-state index contributed by atoms with van der Waals surface area (Å²) in [4.78, 5) is 24.8. The lowest BCUT2D eigenvalue weighted by Gasteiger charge is -1.96. The highest BCUT2D eigenvalue weighted by Crippen LogP contribution is 2.26. The van der Waals surface area contributed by atoms with Gasteiger partial charge in [0, 0.05) is 22.7 Å². The highest BCUT2D eigenvalue weighted by molar-refractivity contribution is 7.17. The molecule has 5 heteroatoms. The third kappa shape index (κ3) is 1.97. The Morgan fingerprint density at radius 3 is 2.60 bits per heavy atom. The number of hydrogen-bond acceptors (Lipinski definition) is 4. The summed E-state index contributed by atoms with van der Waals surface area (Å²) in [6, 6.07) is 6.21. The predicted molar refractivity (Wildman–Crippen MR) is 54.7 cm³/mol. The predicted octanol–water partition coefficient (Wildman–Crippen LogP) is 0.467. The van der Waals surface area contributed by atoms with E-state index in [-0.39, 0.29) is 10.4 Å². The Bertz CT molecular complexity index is 535. The third-order valence-corrected chi connectivity index (χ3v) is 2.99. The number of hydrogen-bond donors (Lipinski definition) is 1. The van der Waals surface area contributed by atoms with Crippen molar-refractivity contribution in [2.45, 2.75) is 0 Å². The second-order valence-electron chi connectivity index (χ2n) is 2.89. The molecule has 2 heterocycles. The first kappa shape index (κ1) is 9.67. The highest BCUT2D eigenvalue weighted by atomic mass is 32.1. The summed E-state index contributed by atoms with van der Waals surface area (Å²) in [5, 5.41) is 10.5. The van der Waals surface area contributed by atoms with Crippen molar-refractivity contribution < 1.29 is 9.90 Å². The minimum Gasteiger partial charge on any atom is -0.544 e. The summed E-state index contributed by atoms with van der Waals surface area (Å²) < 4.78 is 0. The molecule has 0 atom stereocenters. The zero-order chi connectivity index (χ0) is 10.8. The van der Waals surface area contributed by atoms with Crippen LogP contribution in [0.4, 0.5) is 0 Å². The van der Waals surface area contributed by atoms with E-state index in [1.54, 1.807) is 18.3 Å². The van der Waals surface area contributed by atoms with E-state index in [4.69, 9.17) is 0 Å². The van der Waals surface area contributed by atoms with Crippen LogP contribution >= 0.6 is 11.3 Å². The molecule has 0 aliphatic carbocycles. The van der Waals surface area contributed by atoms with Crippen LogP contribution in [-0.2, 0) is 0 Å². The molecule has 1 N–H and O–H groups in total. The summed E-state index contributed by atoms with van der Waals surface area (Å²) in [5.74, 6) is -1.18. The molecule has 0 aromatic carbocycles. The largest absolute Gasteiger partial charge is 0.544 e. The van der Waals surface area contributed by atoms with Crippen molar-refractivity contribution >= 4 is 17.3 Å². The van der Waals surface area contributed by atoms with Gasteiger partial charge in [-0.2, -0.15) is 0 Å². The minimum atomic E-state index is -1.18. The van der Waals surface area contributed by atoms with Gasteiger partial charge in [0.1, 0.15) is 0 Å². The fourth-order valence-corrected chi connectivity index (χ4v) is 2.00. The van der Waals surface area contributed by atoms with Crippen LogP contribution in [-0.4, -0.2) is 11.0 Å². The highest BCUT2D eigenvalue weighted by Gasteiger charge is 2.02. The third-order valence-electron chi connectivity index (χ3n) is 1.88. The molecule has 0 radical (unpaired) electrons. The Kier molecular flexibility index (Phi) is 2.39. The van der Waals surface area contributed by atoms with Gasteiger partial charge in [-0.1, -0.05) is 0 Å². The second kappa shape index (κ2) is 3.70. The van der Waals surface area contributed by atoms with Gasteiger partial charge in [0.2, 0.25) is 5.56 Å². The lowest BCUT2D eigenvalue weighted by molar-refractivity contribution is -0.254. The quantitative estimate of drug-likeness (QED) is 0.799. The lowest BCUT2D eigenvalue weighted by Crippen LogP contribution is -2.20. The maximum absolute atomic E-state index is 10.8. The number of carboxylic acid groups (broad SMARTS) is 1. The molecule has 0 unspecified atom stereocenters. The monoisotopic (exact) mass is 220 g/mol. The molecule has 0 bridgehead atoms. The SMILES string of the molecule is O=C([O-])c1ccc(-c2ccc(=O)[nH]c2)s1. The zero-order valence-corrected chi connectivity index (χ0v) is 8.34. The fraction of sp³-hybridized carbons (Fsp3) is 0. The normalized spacial score (nSPS) is 10.1. The van der Waals surface area contributed by atoms with E-state index in [9.17, 15) is 14.7 Å². The summed E-state index contributed by atoms with van der Waals surface area (Å²) in [7, 11) is 0. The number of carboxylic acids is 1. The van der Waals surface area contributed by atoms with Gasteiger partial charge in [0.15, 0.2) is 0 Å². The molecule has 0 saturated carbocycles. The molecule has 0 saturated heterocycles. The molecule has 0 amide bonds. The first-order chi connectivity index (χ1) is 7.16. The molecule has 0 aliphatic rings.